The van der Waals surface area contributed by atoms with Gasteiger partial charge < -0.3 is 23.4 Å². The smallest absolute Gasteiger partial charge is 0.192 e. The van der Waals surface area contributed by atoms with Gasteiger partial charge in [-0.3, -0.25) is 4.21 Å². The number of hydrogen-bond donors (Lipinski definition) is 0. The minimum absolute atomic E-state index is 0.0325. The van der Waals surface area contributed by atoms with E-state index in [1.165, 1.54) is 0 Å². The summed E-state index contributed by atoms with van der Waals surface area (Å²) in [5.41, 5.74) is 1.39. The quantitative estimate of drug-likeness (QED) is 0.414. The Hall–Kier alpha value is -1.39. The Labute approximate surface area is 219 Å². The van der Waals surface area contributed by atoms with Crippen molar-refractivity contribution in [2.24, 2.45) is 0 Å². The summed E-state index contributed by atoms with van der Waals surface area (Å²) in [6.07, 6.45) is -2.33. The first-order valence-electron chi connectivity index (χ1n) is 12.8. The second-order valence-corrected chi connectivity index (χ2v) is 17.6. The lowest BCUT2D eigenvalue weighted by molar-refractivity contribution is -0.324. The molecule has 0 spiro atoms. The van der Waals surface area contributed by atoms with E-state index in [1.54, 1.807) is 0 Å². The largest absolute Gasteiger partial charge is 0.408 e. The molecule has 0 aliphatic carbocycles. The molecule has 0 amide bonds. The van der Waals surface area contributed by atoms with E-state index in [0.29, 0.717) is 19.0 Å². The molecular formula is C28H40O6SSi. The Bertz CT molecular complexity index is 996. The highest BCUT2D eigenvalue weighted by molar-refractivity contribution is 7.85. The summed E-state index contributed by atoms with van der Waals surface area (Å²) < 4.78 is 45.9. The summed E-state index contributed by atoms with van der Waals surface area (Å²) in [6.45, 7) is 13.7. The second kappa shape index (κ2) is 11.6. The predicted octanol–water partition coefficient (Wildman–Crippen LogP) is 5.57. The van der Waals surface area contributed by atoms with Gasteiger partial charge in [0.2, 0.25) is 0 Å². The van der Waals surface area contributed by atoms with Crippen LogP contribution in [0.25, 0.3) is 0 Å². The molecule has 2 aliphatic rings. The van der Waals surface area contributed by atoms with Crippen molar-refractivity contribution in [3.8, 4) is 0 Å². The molecule has 2 fully saturated rings. The lowest BCUT2D eigenvalue weighted by Crippen LogP contribution is -2.66. The van der Waals surface area contributed by atoms with Gasteiger partial charge in [0.25, 0.3) is 0 Å². The van der Waals surface area contributed by atoms with E-state index in [0.717, 1.165) is 11.1 Å². The average Bonchev–Trinajstić information content (AvgIpc) is 2.87. The van der Waals surface area contributed by atoms with Gasteiger partial charge >= 0.3 is 0 Å². The summed E-state index contributed by atoms with van der Waals surface area (Å²) in [7, 11) is -3.51. The molecule has 2 saturated heterocycles. The standard InChI is InChI=1S/C28H40O6SSi/c1-7-35(29)27-25(34-36(5,6)28(2,3)4)24(30-18-20-14-10-8-11-15-20)23-22(32-27)19-31-26(33-23)21-16-12-9-13-17-21/h8-17,22-27H,7,18-19H2,1-6H3/t22-,23-,24+,25+,26-,27-,35?/m1/s1. The monoisotopic (exact) mass is 532 g/mol. The van der Waals surface area contributed by atoms with Gasteiger partial charge in [-0.2, -0.15) is 0 Å². The van der Waals surface area contributed by atoms with Crippen LogP contribution in [0.4, 0.5) is 0 Å². The zero-order valence-electron chi connectivity index (χ0n) is 22.2. The molecular weight excluding hydrogens is 492 g/mol. The molecule has 0 radical (unpaired) electrons. The molecule has 36 heavy (non-hydrogen) atoms. The van der Waals surface area contributed by atoms with Crippen molar-refractivity contribution in [3.05, 3.63) is 71.8 Å². The third-order valence-corrected chi connectivity index (χ3v) is 13.4. The summed E-state index contributed by atoms with van der Waals surface area (Å²) in [6, 6.07) is 20.0. The zero-order valence-corrected chi connectivity index (χ0v) is 24.0. The Morgan fingerprint density at radius 2 is 1.61 bits per heavy atom. The van der Waals surface area contributed by atoms with E-state index in [1.807, 2.05) is 67.6 Å². The highest BCUT2D eigenvalue weighted by Gasteiger charge is 2.55. The summed E-state index contributed by atoms with van der Waals surface area (Å²) in [5, 5.41) is -0.0325. The first-order chi connectivity index (χ1) is 17.1. The van der Waals surface area contributed by atoms with E-state index in [2.05, 4.69) is 33.9 Å². The van der Waals surface area contributed by atoms with Gasteiger partial charge in [0.1, 0.15) is 24.4 Å². The van der Waals surface area contributed by atoms with Crippen LogP contribution in [0.5, 0.6) is 0 Å². The van der Waals surface area contributed by atoms with Gasteiger partial charge in [-0.05, 0) is 23.7 Å². The van der Waals surface area contributed by atoms with Crippen molar-refractivity contribution in [3.63, 3.8) is 0 Å². The van der Waals surface area contributed by atoms with Crippen molar-refractivity contribution in [2.75, 3.05) is 12.4 Å². The highest BCUT2D eigenvalue weighted by Crippen LogP contribution is 2.42. The summed E-state index contributed by atoms with van der Waals surface area (Å²) in [4.78, 5) is 0. The van der Waals surface area contributed by atoms with Gasteiger partial charge in [0.15, 0.2) is 20.0 Å². The van der Waals surface area contributed by atoms with Crippen LogP contribution >= 0.6 is 0 Å². The normalized spacial score (nSPS) is 29.9. The number of fused-ring (bicyclic) bond motifs is 1. The van der Waals surface area contributed by atoms with E-state index < -0.39 is 55.3 Å². The van der Waals surface area contributed by atoms with Gasteiger partial charge in [-0.1, -0.05) is 88.4 Å². The molecule has 198 valence electrons. The maximum Gasteiger partial charge on any atom is 0.192 e. The van der Waals surface area contributed by atoms with Gasteiger partial charge in [-0.25, -0.2) is 0 Å². The Balaban J connectivity index is 1.68. The molecule has 6 nitrogen and oxygen atoms in total. The minimum Gasteiger partial charge on any atom is -0.408 e. The minimum atomic E-state index is -2.26. The molecule has 2 heterocycles. The van der Waals surface area contributed by atoms with Crippen LogP contribution in [0, 0.1) is 0 Å². The van der Waals surface area contributed by atoms with Crippen LogP contribution in [0.2, 0.25) is 18.1 Å². The number of hydrogen-bond acceptors (Lipinski definition) is 6. The molecule has 2 aromatic carbocycles. The topological polar surface area (TPSA) is 63.2 Å². The molecule has 0 N–H and O–H groups in total. The van der Waals surface area contributed by atoms with Crippen LogP contribution in [-0.4, -0.2) is 54.7 Å². The maximum atomic E-state index is 13.3. The lowest BCUT2D eigenvalue weighted by Gasteiger charge is -2.51. The van der Waals surface area contributed by atoms with Gasteiger partial charge in [0, 0.05) is 11.3 Å². The van der Waals surface area contributed by atoms with Crippen LogP contribution in [0.3, 0.4) is 0 Å². The molecule has 1 unspecified atom stereocenters. The third kappa shape index (κ3) is 6.18. The number of benzene rings is 2. The van der Waals surface area contributed by atoms with Crippen LogP contribution in [0.15, 0.2) is 60.7 Å². The van der Waals surface area contributed by atoms with Crippen LogP contribution in [-0.2, 0) is 40.8 Å². The zero-order chi connectivity index (χ0) is 25.9. The maximum absolute atomic E-state index is 13.3. The van der Waals surface area contributed by atoms with E-state index in [-0.39, 0.29) is 5.04 Å². The predicted molar refractivity (Wildman–Crippen MR) is 144 cm³/mol. The SMILES string of the molecule is CCS(=O)[C@H]1O[C@@H]2CO[C@@H](c3ccccc3)O[C@H]2[C@H](OCc2ccccc2)[C@@H]1O[Si](C)(C)C(C)(C)C. The van der Waals surface area contributed by atoms with Crippen molar-refractivity contribution < 1.29 is 27.6 Å². The fourth-order valence-electron chi connectivity index (χ4n) is 4.30. The molecule has 0 saturated carbocycles. The Morgan fingerprint density at radius 1 is 0.972 bits per heavy atom. The molecule has 0 aromatic heterocycles. The first-order valence-corrected chi connectivity index (χ1v) is 17.1. The Morgan fingerprint density at radius 3 is 2.22 bits per heavy atom. The van der Waals surface area contributed by atoms with Crippen LogP contribution < -0.4 is 0 Å². The molecule has 2 aliphatic heterocycles. The van der Waals surface area contributed by atoms with E-state index in [9.17, 15) is 4.21 Å². The van der Waals surface area contributed by atoms with Crippen molar-refractivity contribution >= 4 is 19.1 Å². The van der Waals surface area contributed by atoms with Crippen molar-refractivity contribution in [2.45, 2.75) is 88.6 Å². The lowest BCUT2D eigenvalue weighted by atomic mass is 9.98. The molecule has 4 rings (SSSR count). The molecule has 8 heteroatoms. The molecule has 2 aromatic rings. The average molecular weight is 533 g/mol. The fraction of sp³-hybridized carbons (Fsp3) is 0.571. The number of ether oxygens (including phenoxy) is 4. The van der Waals surface area contributed by atoms with Crippen molar-refractivity contribution in [1.29, 1.82) is 0 Å². The summed E-state index contributed by atoms with van der Waals surface area (Å²) >= 11 is 0. The third-order valence-electron chi connectivity index (χ3n) is 7.42. The highest BCUT2D eigenvalue weighted by atomic mass is 32.2. The van der Waals surface area contributed by atoms with Gasteiger partial charge in [0.05, 0.1) is 24.0 Å². The molecule has 0 bridgehead atoms. The number of rotatable bonds is 8. The summed E-state index contributed by atoms with van der Waals surface area (Å²) in [5.74, 6) is 0.471. The van der Waals surface area contributed by atoms with Crippen LogP contribution in [0.1, 0.15) is 45.1 Å². The van der Waals surface area contributed by atoms with E-state index >= 15 is 0 Å². The van der Waals surface area contributed by atoms with E-state index in [4.69, 9.17) is 23.4 Å². The Kier molecular flexibility index (Phi) is 8.87. The first kappa shape index (κ1) is 27.6. The fourth-order valence-corrected chi connectivity index (χ4v) is 6.80. The van der Waals surface area contributed by atoms with Crippen molar-refractivity contribution in [1.82, 2.24) is 0 Å². The molecule has 7 atom stereocenters. The van der Waals surface area contributed by atoms with Gasteiger partial charge in [-0.15, -0.1) is 0 Å². The second-order valence-electron chi connectivity index (χ2n) is 11.0.